The Kier molecular flexibility index (Phi) is 3.35. The average molecular weight is 285 g/mol. The molecule has 3 aromatic rings. The lowest BCUT2D eigenvalue weighted by molar-refractivity contribution is 0.0734. The predicted molar refractivity (Wildman–Crippen MR) is 77.6 cm³/mol. The number of hydrogen-bond donors (Lipinski definition) is 0. The number of rotatable bonds is 3. The van der Waals surface area contributed by atoms with Crippen molar-refractivity contribution in [3.8, 4) is 10.9 Å². The molecule has 4 nitrogen and oxygen atoms in total. The molecular weight excluding hydrogens is 274 g/mol. The van der Waals surface area contributed by atoms with Crippen molar-refractivity contribution >= 4 is 27.5 Å². The number of para-hydroxylation sites is 1. The van der Waals surface area contributed by atoms with Crippen LogP contribution in [0.4, 0.5) is 0 Å². The van der Waals surface area contributed by atoms with Crippen LogP contribution in [0.2, 0.25) is 0 Å². The number of aromatic nitrogens is 1. The van der Waals surface area contributed by atoms with Crippen LogP contribution in [0.1, 0.15) is 10.4 Å². The van der Waals surface area contributed by atoms with E-state index in [1.807, 2.05) is 24.3 Å². The molecule has 0 bridgehead atoms. The summed E-state index contributed by atoms with van der Waals surface area (Å²) in [6.45, 7) is 0. The third-order valence-electron chi connectivity index (χ3n) is 2.78. The summed E-state index contributed by atoms with van der Waals surface area (Å²) in [7, 11) is 1.58. The number of ether oxygens (including phenoxy) is 2. The van der Waals surface area contributed by atoms with Crippen molar-refractivity contribution in [2.24, 2.45) is 0 Å². The zero-order valence-corrected chi connectivity index (χ0v) is 11.5. The van der Waals surface area contributed by atoms with E-state index in [1.54, 1.807) is 31.4 Å². The van der Waals surface area contributed by atoms with Crippen molar-refractivity contribution in [2.45, 2.75) is 0 Å². The minimum atomic E-state index is -0.424. The van der Waals surface area contributed by atoms with Gasteiger partial charge in [0.25, 0.3) is 5.19 Å². The molecule has 0 spiro atoms. The number of hydrogen-bond acceptors (Lipinski definition) is 5. The van der Waals surface area contributed by atoms with Gasteiger partial charge in [0, 0.05) is 0 Å². The maximum Gasteiger partial charge on any atom is 0.345 e. The van der Waals surface area contributed by atoms with Crippen molar-refractivity contribution in [2.75, 3.05) is 7.11 Å². The van der Waals surface area contributed by atoms with Crippen LogP contribution in [0.3, 0.4) is 0 Å². The summed E-state index contributed by atoms with van der Waals surface area (Å²) in [4.78, 5) is 16.3. The highest BCUT2D eigenvalue weighted by atomic mass is 32.1. The quantitative estimate of drug-likeness (QED) is 0.691. The first-order valence-corrected chi connectivity index (χ1v) is 6.80. The minimum Gasteiger partial charge on any atom is -0.497 e. The van der Waals surface area contributed by atoms with Crippen molar-refractivity contribution in [3.05, 3.63) is 54.1 Å². The highest BCUT2D eigenvalue weighted by molar-refractivity contribution is 7.20. The van der Waals surface area contributed by atoms with Crippen molar-refractivity contribution in [1.82, 2.24) is 4.98 Å². The number of esters is 1. The molecule has 0 unspecified atom stereocenters. The molecule has 0 aliphatic heterocycles. The zero-order chi connectivity index (χ0) is 13.9. The standard InChI is InChI=1S/C15H11NO3S/c1-18-11-8-6-10(7-9-11)14(17)19-15-16-12-4-2-3-5-13(12)20-15/h2-9H,1H3. The lowest BCUT2D eigenvalue weighted by Gasteiger charge is -2.02. The number of benzene rings is 2. The molecule has 2 aromatic carbocycles. The molecular formula is C15H11NO3S. The maximum absolute atomic E-state index is 12.0. The van der Waals surface area contributed by atoms with E-state index < -0.39 is 5.97 Å². The Bertz CT molecular complexity index is 716. The highest BCUT2D eigenvalue weighted by Gasteiger charge is 2.12. The summed E-state index contributed by atoms with van der Waals surface area (Å²) in [6, 6.07) is 14.4. The van der Waals surface area contributed by atoms with Gasteiger partial charge in [-0.05, 0) is 36.4 Å². The topological polar surface area (TPSA) is 48.4 Å². The van der Waals surface area contributed by atoms with Crippen molar-refractivity contribution in [3.63, 3.8) is 0 Å². The van der Waals surface area contributed by atoms with Gasteiger partial charge in [-0.2, -0.15) is 0 Å². The summed E-state index contributed by atoms with van der Waals surface area (Å²) in [5, 5.41) is 0.354. The molecule has 0 N–H and O–H groups in total. The highest BCUT2D eigenvalue weighted by Crippen LogP contribution is 2.28. The van der Waals surface area contributed by atoms with Gasteiger partial charge in [-0.1, -0.05) is 23.5 Å². The monoisotopic (exact) mass is 285 g/mol. The molecule has 0 aliphatic carbocycles. The number of carbonyl (C=O) groups excluding carboxylic acids is 1. The van der Waals surface area contributed by atoms with E-state index in [0.29, 0.717) is 16.5 Å². The Balaban J connectivity index is 1.80. The SMILES string of the molecule is COc1ccc(C(=O)Oc2nc3ccccc3s2)cc1. The lowest BCUT2D eigenvalue weighted by atomic mass is 10.2. The Morgan fingerprint density at radius 3 is 2.55 bits per heavy atom. The summed E-state index contributed by atoms with van der Waals surface area (Å²) in [5.74, 6) is 0.272. The van der Waals surface area contributed by atoms with Crippen LogP contribution in [0, 0.1) is 0 Å². The maximum atomic E-state index is 12.0. The first-order valence-electron chi connectivity index (χ1n) is 5.98. The fourth-order valence-electron chi connectivity index (χ4n) is 1.76. The van der Waals surface area contributed by atoms with E-state index in [2.05, 4.69) is 4.98 Å². The molecule has 0 saturated heterocycles. The molecule has 0 fully saturated rings. The van der Waals surface area contributed by atoms with Crippen LogP contribution < -0.4 is 9.47 Å². The molecule has 0 aliphatic rings. The predicted octanol–water partition coefficient (Wildman–Crippen LogP) is 3.52. The van der Waals surface area contributed by atoms with Crippen molar-refractivity contribution < 1.29 is 14.3 Å². The Morgan fingerprint density at radius 2 is 1.85 bits per heavy atom. The zero-order valence-electron chi connectivity index (χ0n) is 10.7. The minimum absolute atomic E-state index is 0.354. The van der Waals surface area contributed by atoms with Crippen LogP contribution in [0.5, 0.6) is 10.9 Å². The molecule has 0 atom stereocenters. The van der Waals surface area contributed by atoms with E-state index in [1.165, 1.54) is 11.3 Å². The van der Waals surface area contributed by atoms with Gasteiger partial charge in [-0.3, -0.25) is 0 Å². The van der Waals surface area contributed by atoms with Gasteiger partial charge in [0.15, 0.2) is 0 Å². The number of fused-ring (bicyclic) bond motifs is 1. The fraction of sp³-hybridized carbons (Fsp3) is 0.0667. The van der Waals surface area contributed by atoms with Gasteiger partial charge < -0.3 is 9.47 Å². The molecule has 3 rings (SSSR count). The van der Waals surface area contributed by atoms with Crippen LogP contribution in [-0.4, -0.2) is 18.1 Å². The van der Waals surface area contributed by atoms with E-state index in [0.717, 1.165) is 10.2 Å². The Labute approximate surface area is 119 Å². The van der Waals surface area contributed by atoms with E-state index in [4.69, 9.17) is 9.47 Å². The second kappa shape index (κ2) is 5.30. The average Bonchev–Trinajstić information content (AvgIpc) is 2.89. The molecule has 100 valence electrons. The van der Waals surface area contributed by atoms with Gasteiger partial charge in [0.05, 0.1) is 22.9 Å². The first-order chi connectivity index (χ1) is 9.76. The van der Waals surface area contributed by atoms with Crippen LogP contribution >= 0.6 is 11.3 Å². The molecule has 1 aromatic heterocycles. The molecule has 0 radical (unpaired) electrons. The second-order valence-corrected chi connectivity index (χ2v) is 5.06. The van der Waals surface area contributed by atoms with Crippen LogP contribution in [0.15, 0.2) is 48.5 Å². The normalized spacial score (nSPS) is 10.4. The third kappa shape index (κ3) is 2.48. The van der Waals surface area contributed by atoms with Gasteiger partial charge >= 0.3 is 5.97 Å². The lowest BCUT2D eigenvalue weighted by Crippen LogP contribution is -2.07. The van der Waals surface area contributed by atoms with Crippen molar-refractivity contribution in [1.29, 1.82) is 0 Å². The van der Waals surface area contributed by atoms with Gasteiger partial charge in [-0.15, -0.1) is 0 Å². The summed E-state index contributed by atoms with van der Waals surface area (Å²) < 4.78 is 11.3. The number of carbonyl (C=O) groups is 1. The second-order valence-electron chi connectivity index (χ2n) is 4.07. The largest absolute Gasteiger partial charge is 0.497 e. The van der Waals surface area contributed by atoms with Gasteiger partial charge in [-0.25, -0.2) is 9.78 Å². The summed E-state index contributed by atoms with van der Waals surface area (Å²) in [6.07, 6.45) is 0. The third-order valence-corrected chi connectivity index (χ3v) is 3.69. The van der Waals surface area contributed by atoms with Crippen LogP contribution in [-0.2, 0) is 0 Å². The number of methoxy groups -OCH3 is 1. The van der Waals surface area contributed by atoms with E-state index >= 15 is 0 Å². The summed E-state index contributed by atoms with van der Waals surface area (Å²) >= 11 is 1.35. The van der Waals surface area contributed by atoms with E-state index in [9.17, 15) is 4.79 Å². The number of nitrogens with zero attached hydrogens (tertiary/aromatic N) is 1. The molecule has 20 heavy (non-hydrogen) atoms. The molecule has 0 amide bonds. The Morgan fingerprint density at radius 1 is 1.10 bits per heavy atom. The molecule has 5 heteroatoms. The first kappa shape index (κ1) is 12.6. The summed E-state index contributed by atoms with van der Waals surface area (Å²) in [5.41, 5.74) is 1.29. The fourth-order valence-corrected chi connectivity index (χ4v) is 2.57. The van der Waals surface area contributed by atoms with Gasteiger partial charge in [0.1, 0.15) is 5.75 Å². The van der Waals surface area contributed by atoms with Crippen LogP contribution in [0.25, 0.3) is 10.2 Å². The molecule has 1 heterocycles. The smallest absolute Gasteiger partial charge is 0.345 e. The van der Waals surface area contributed by atoms with E-state index in [-0.39, 0.29) is 0 Å². The van der Waals surface area contributed by atoms with Gasteiger partial charge in [0.2, 0.25) is 0 Å². The molecule has 0 saturated carbocycles. The Hall–Kier alpha value is -2.40. The number of thiazole rings is 1.